The van der Waals surface area contributed by atoms with Crippen molar-refractivity contribution in [2.45, 2.75) is 12.5 Å². The van der Waals surface area contributed by atoms with Crippen LogP contribution in [0.4, 0.5) is 11.4 Å². The first kappa shape index (κ1) is 14.9. The molecule has 1 aromatic rings. The van der Waals surface area contributed by atoms with E-state index in [-0.39, 0.29) is 10.7 Å². The number of nitro benzene ring substituents is 2. The van der Waals surface area contributed by atoms with Crippen LogP contribution in [-0.2, 0) is 4.79 Å². The fourth-order valence-corrected chi connectivity index (χ4v) is 2.74. The summed E-state index contributed by atoms with van der Waals surface area (Å²) in [6.45, 7) is 0. The van der Waals surface area contributed by atoms with E-state index in [1.54, 1.807) is 0 Å². The molecule has 1 heterocycles. The van der Waals surface area contributed by atoms with Gasteiger partial charge in [-0.3, -0.25) is 29.8 Å². The summed E-state index contributed by atoms with van der Waals surface area (Å²) in [5.74, 6) is -0.165. The lowest BCUT2D eigenvalue weighted by atomic mass is 10.1. The average molecular weight is 311 g/mol. The molecule has 1 unspecified atom stereocenters. The lowest BCUT2D eigenvalue weighted by Crippen LogP contribution is -2.37. The third-order valence-electron chi connectivity index (χ3n) is 2.83. The highest BCUT2D eigenvalue weighted by Gasteiger charge is 2.28. The van der Waals surface area contributed by atoms with Gasteiger partial charge in [0, 0.05) is 17.9 Å². The van der Waals surface area contributed by atoms with Crippen molar-refractivity contribution in [3.8, 4) is 0 Å². The molecule has 1 N–H and O–H groups in total. The summed E-state index contributed by atoms with van der Waals surface area (Å²) in [5, 5.41) is 23.7. The van der Waals surface area contributed by atoms with Gasteiger partial charge in [-0.15, -0.1) is 0 Å². The molecule has 1 atom stereocenters. The Balaban J connectivity index is 2.29. The molecule has 1 saturated heterocycles. The Bertz CT molecular complexity index is 615. The fraction of sp³-hybridized carbons (Fsp3) is 0.273. The van der Waals surface area contributed by atoms with Gasteiger partial charge in [0.1, 0.15) is 0 Å². The fourth-order valence-electron chi connectivity index (χ4n) is 1.81. The zero-order valence-corrected chi connectivity index (χ0v) is 11.3. The van der Waals surface area contributed by atoms with E-state index < -0.39 is 33.2 Å². The molecule has 10 heteroatoms. The largest absolute Gasteiger partial charge is 0.341 e. The lowest BCUT2D eigenvalue weighted by Gasteiger charge is -2.09. The molecule has 0 aromatic heterocycles. The minimum atomic E-state index is -0.819. The van der Waals surface area contributed by atoms with E-state index in [0.717, 1.165) is 30.0 Å². The molecule has 9 nitrogen and oxygen atoms in total. The number of rotatable bonds is 4. The van der Waals surface area contributed by atoms with Crippen LogP contribution in [0.15, 0.2) is 18.2 Å². The Labute approximate surface area is 122 Å². The number of benzene rings is 1. The first-order chi connectivity index (χ1) is 9.88. The van der Waals surface area contributed by atoms with Crippen molar-refractivity contribution in [2.24, 2.45) is 0 Å². The van der Waals surface area contributed by atoms with Crippen molar-refractivity contribution in [1.82, 2.24) is 5.32 Å². The monoisotopic (exact) mass is 311 g/mol. The van der Waals surface area contributed by atoms with Crippen LogP contribution in [0.25, 0.3) is 0 Å². The molecule has 21 heavy (non-hydrogen) atoms. The topological polar surface area (TPSA) is 132 Å². The Morgan fingerprint density at radius 2 is 1.76 bits per heavy atom. The molecule has 1 fully saturated rings. The minimum absolute atomic E-state index is 0.191. The van der Waals surface area contributed by atoms with Gasteiger partial charge in [0.2, 0.25) is 5.12 Å². The minimum Gasteiger partial charge on any atom is -0.341 e. The molecular formula is C11H9N3O6S. The number of amides is 1. The molecule has 110 valence electrons. The number of thioether (sulfide) groups is 1. The van der Waals surface area contributed by atoms with Crippen LogP contribution in [0, 0.1) is 20.2 Å². The van der Waals surface area contributed by atoms with Crippen LogP contribution >= 0.6 is 11.8 Å². The number of nitro groups is 2. The molecule has 0 radical (unpaired) electrons. The summed E-state index contributed by atoms with van der Waals surface area (Å²) >= 11 is 1.09. The number of non-ortho nitro benzene ring substituents is 2. The standard InChI is InChI=1S/C11H9N3O6S/c15-10(12-9-1-2-21-11(9)16)6-3-7(13(17)18)5-8(4-6)14(19)20/h3-5,9H,1-2H2,(H,12,15). The van der Waals surface area contributed by atoms with E-state index in [2.05, 4.69) is 5.32 Å². The number of nitrogens with zero attached hydrogens (tertiary/aromatic N) is 2. The Morgan fingerprint density at radius 1 is 1.19 bits per heavy atom. The van der Waals surface area contributed by atoms with Gasteiger partial charge in [0.25, 0.3) is 17.3 Å². The molecule has 1 aliphatic rings. The van der Waals surface area contributed by atoms with Crippen molar-refractivity contribution < 1.29 is 19.4 Å². The second-order valence-corrected chi connectivity index (χ2v) is 5.33. The highest BCUT2D eigenvalue weighted by molar-refractivity contribution is 8.14. The van der Waals surface area contributed by atoms with Crippen molar-refractivity contribution in [2.75, 3.05) is 5.75 Å². The smallest absolute Gasteiger partial charge is 0.277 e. The summed E-state index contributed by atoms with van der Waals surface area (Å²) in [6, 6.07) is 1.98. The second-order valence-electron chi connectivity index (χ2n) is 4.23. The van der Waals surface area contributed by atoms with Crippen LogP contribution in [0.2, 0.25) is 0 Å². The predicted octanol–water partition coefficient (Wildman–Crippen LogP) is 1.26. The summed E-state index contributed by atoms with van der Waals surface area (Å²) in [7, 11) is 0. The van der Waals surface area contributed by atoms with Crippen molar-refractivity contribution >= 4 is 34.2 Å². The zero-order valence-electron chi connectivity index (χ0n) is 10.5. The quantitative estimate of drug-likeness (QED) is 0.653. The summed E-state index contributed by atoms with van der Waals surface area (Å²) in [4.78, 5) is 43.2. The van der Waals surface area contributed by atoms with E-state index in [1.165, 1.54) is 0 Å². The van der Waals surface area contributed by atoms with Crippen LogP contribution in [0.5, 0.6) is 0 Å². The molecular weight excluding hydrogens is 302 g/mol. The Hall–Kier alpha value is -2.49. The van der Waals surface area contributed by atoms with Crippen LogP contribution in [0.3, 0.4) is 0 Å². The summed E-state index contributed by atoms with van der Waals surface area (Å²) in [5.41, 5.74) is -1.33. The maximum atomic E-state index is 12.0. The molecule has 1 aromatic carbocycles. The number of carbonyl (C=O) groups is 2. The van der Waals surface area contributed by atoms with E-state index in [1.807, 2.05) is 0 Å². The maximum Gasteiger partial charge on any atom is 0.277 e. The third-order valence-corrected chi connectivity index (χ3v) is 3.84. The van der Waals surface area contributed by atoms with Crippen LogP contribution in [-0.4, -0.2) is 32.7 Å². The number of nitrogens with one attached hydrogen (secondary N) is 1. The molecule has 1 aliphatic heterocycles. The SMILES string of the molecule is O=C(NC1CCSC1=O)c1cc([N+](=O)[O-])cc([N+](=O)[O-])c1. The number of carbonyl (C=O) groups excluding carboxylic acids is 2. The summed E-state index contributed by atoms with van der Waals surface area (Å²) < 4.78 is 0. The number of hydrogen-bond acceptors (Lipinski definition) is 7. The van der Waals surface area contributed by atoms with Crippen LogP contribution in [0.1, 0.15) is 16.8 Å². The van der Waals surface area contributed by atoms with Gasteiger partial charge in [-0.25, -0.2) is 0 Å². The molecule has 2 rings (SSSR count). The van der Waals surface area contributed by atoms with Gasteiger partial charge < -0.3 is 5.32 Å². The second kappa shape index (κ2) is 5.87. The third kappa shape index (κ3) is 3.34. The van der Waals surface area contributed by atoms with E-state index in [4.69, 9.17) is 0 Å². The number of hydrogen-bond donors (Lipinski definition) is 1. The zero-order chi connectivity index (χ0) is 15.6. The highest BCUT2D eigenvalue weighted by Crippen LogP contribution is 2.24. The predicted molar refractivity (Wildman–Crippen MR) is 73.1 cm³/mol. The van der Waals surface area contributed by atoms with Crippen molar-refractivity contribution in [3.05, 3.63) is 44.0 Å². The molecule has 0 saturated carbocycles. The van der Waals surface area contributed by atoms with Gasteiger partial charge in [-0.05, 0) is 6.42 Å². The van der Waals surface area contributed by atoms with Gasteiger partial charge in [-0.2, -0.15) is 0 Å². The Morgan fingerprint density at radius 3 is 2.19 bits per heavy atom. The van der Waals surface area contributed by atoms with Crippen molar-refractivity contribution in [1.29, 1.82) is 0 Å². The molecule has 0 spiro atoms. The molecule has 1 amide bonds. The van der Waals surface area contributed by atoms with Gasteiger partial charge in [0.15, 0.2) is 0 Å². The first-order valence-corrected chi connectivity index (χ1v) is 6.78. The Kier molecular flexibility index (Phi) is 4.17. The van der Waals surface area contributed by atoms with Crippen molar-refractivity contribution in [3.63, 3.8) is 0 Å². The van der Waals surface area contributed by atoms with Gasteiger partial charge in [-0.1, -0.05) is 11.8 Å². The molecule has 0 bridgehead atoms. The average Bonchev–Trinajstić information content (AvgIpc) is 2.83. The molecule has 0 aliphatic carbocycles. The van der Waals surface area contributed by atoms with Gasteiger partial charge >= 0.3 is 0 Å². The van der Waals surface area contributed by atoms with E-state index >= 15 is 0 Å². The normalized spacial score (nSPS) is 17.5. The van der Waals surface area contributed by atoms with E-state index in [9.17, 15) is 29.8 Å². The van der Waals surface area contributed by atoms with Gasteiger partial charge in [0.05, 0.1) is 27.5 Å². The van der Waals surface area contributed by atoms with E-state index in [0.29, 0.717) is 12.2 Å². The first-order valence-electron chi connectivity index (χ1n) is 5.80. The van der Waals surface area contributed by atoms with Crippen LogP contribution < -0.4 is 5.32 Å². The lowest BCUT2D eigenvalue weighted by molar-refractivity contribution is -0.394. The summed E-state index contributed by atoms with van der Waals surface area (Å²) in [6.07, 6.45) is 0.465. The maximum absolute atomic E-state index is 12.0. The highest BCUT2D eigenvalue weighted by atomic mass is 32.2.